The van der Waals surface area contributed by atoms with Gasteiger partial charge in [-0.25, -0.2) is 0 Å². The van der Waals surface area contributed by atoms with Crippen molar-refractivity contribution in [2.75, 3.05) is 6.61 Å². The Labute approximate surface area is 91.4 Å². The molecule has 0 radical (unpaired) electrons. The maximum Gasteiger partial charge on any atom is 0.311 e. The molecule has 1 aliphatic rings. The Morgan fingerprint density at radius 2 is 2.13 bits per heavy atom. The van der Waals surface area contributed by atoms with Crippen molar-refractivity contribution >= 4 is 5.97 Å². The van der Waals surface area contributed by atoms with Crippen LogP contribution in [0.1, 0.15) is 39.5 Å². The zero-order chi connectivity index (χ0) is 11.3. The smallest absolute Gasteiger partial charge is 0.311 e. The summed E-state index contributed by atoms with van der Waals surface area (Å²) in [6.07, 6.45) is 5.19. The fourth-order valence-electron chi connectivity index (χ4n) is 2.01. The summed E-state index contributed by atoms with van der Waals surface area (Å²) in [5.74, 6) is -0.0675. The van der Waals surface area contributed by atoms with Crippen LogP contribution in [0.4, 0.5) is 0 Å². The van der Waals surface area contributed by atoms with Crippen LogP contribution in [0, 0.1) is 5.41 Å². The first-order chi connectivity index (χ1) is 7.12. The summed E-state index contributed by atoms with van der Waals surface area (Å²) in [5.41, 5.74) is -0.308. The summed E-state index contributed by atoms with van der Waals surface area (Å²) < 4.78 is 10.4. The van der Waals surface area contributed by atoms with Crippen LogP contribution in [-0.4, -0.2) is 18.7 Å². The molecule has 0 spiro atoms. The predicted molar refractivity (Wildman–Crippen MR) is 58.3 cm³/mol. The number of hydrogen-bond acceptors (Lipinski definition) is 3. The van der Waals surface area contributed by atoms with Crippen LogP contribution >= 0.6 is 0 Å². The predicted octanol–water partition coefficient (Wildman–Crippen LogP) is 2.66. The van der Waals surface area contributed by atoms with E-state index in [9.17, 15) is 4.79 Å². The second-order valence-electron chi connectivity index (χ2n) is 4.28. The third kappa shape index (κ3) is 2.98. The quantitative estimate of drug-likeness (QED) is 0.531. The molecule has 1 fully saturated rings. The molecule has 0 atom stereocenters. The minimum atomic E-state index is -0.308. The number of carbonyl (C=O) groups excluding carboxylic acids is 1. The second-order valence-corrected chi connectivity index (χ2v) is 4.28. The number of rotatable bonds is 4. The van der Waals surface area contributed by atoms with Crippen molar-refractivity contribution in [1.29, 1.82) is 0 Å². The maximum absolute atomic E-state index is 11.7. The van der Waals surface area contributed by atoms with E-state index in [1.807, 2.05) is 13.8 Å². The largest absolute Gasteiger partial charge is 0.499 e. The van der Waals surface area contributed by atoms with Crippen molar-refractivity contribution in [2.45, 2.75) is 45.6 Å². The fourth-order valence-corrected chi connectivity index (χ4v) is 2.01. The van der Waals surface area contributed by atoms with E-state index in [4.69, 9.17) is 9.47 Å². The third-order valence-electron chi connectivity index (χ3n) is 3.09. The van der Waals surface area contributed by atoms with Crippen molar-refractivity contribution in [3.05, 3.63) is 12.8 Å². The molecule has 0 heterocycles. The lowest BCUT2D eigenvalue weighted by Gasteiger charge is -2.34. The molecule has 0 aromatic carbocycles. The summed E-state index contributed by atoms with van der Waals surface area (Å²) >= 11 is 0. The van der Waals surface area contributed by atoms with Crippen molar-refractivity contribution in [2.24, 2.45) is 5.41 Å². The van der Waals surface area contributed by atoms with Gasteiger partial charge in [0.05, 0.1) is 24.4 Å². The number of ether oxygens (including phenoxy) is 2. The number of hydrogen-bond donors (Lipinski definition) is 0. The Hall–Kier alpha value is -0.990. The van der Waals surface area contributed by atoms with Crippen LogP contribution in [0.5, 0.6) is 0 Å². The molecule has 0 aromatic heterocycles. The zero-order valence-electron chi connectivity index (χ0n) is 9.62. The summed E-state index contributed by atoms with van der Waals surface area (Å²) in [6, 6.07) is 0. The Kier molecular flexibility index (Phi) is 4.18. The van der Waals surface area contributed by atoms with Crippen molar-refractivity contribution in [3.8, 4) is 0 Å². The minimum Gasteiger partial charge on any atom is -0.499 e. The maximum atomic E-state index is 11.7. The monoisotopic (exact) mass is 212 g/mol. The van der Waals surface area contributed by atoms with Crippen LogP contribution in [-0.2, 0) is 14.3 Å². The van der Waals surface area contributed by atoms with E-state index in [1.165, 1.54) is 6.26 Å². The molecule has 0 saturated heterocycles. The Balaban J connectivity index is 2.46. The Morgan fingerprint density at radius 1 is 1.53 bits per heavy atom. The topological polar surface area (TPSA) is 35.5 Å². The Morgan fingerprint density at radius 3 is 2.60 bits per heavy atom. The van der Waals surface area contributed by atoms with Gasteiger partial charge in [-0.1, -0.05) is 6.58 Å². The average Bonchev–Trinajstić information content (AvgIpc) is 2.22. The molecule has 0 aliphatic heterocycles. The van der Waals surface area contributed by atoms with E-state index >= 15 is 0 Å². The molecule has 0 unspecified atom stereocenters. The van der Waals surface area contributed by atoms with Gasteiger partial charge in [-0.2, -0.15) is 0 Å². The SMILES string of the molecule is C=COC1CCC(C)(C(=O)OCC)CC1. The third-order valence-corrected chi connectivity index (χ3v) is 3.09. The molecule has 0 aromatic rings. The lowest BCUT2D eigenvalue weighted by atomic mass is 9.75. The van der Waals surface area contributed by atoms with E-state index in [2.05, 4.69) is 6.58 Å². The van der Waals surface area contributed by atoms with Gasteiger partial charge in [-0.05, 0) is 39.5 Å². The highest BCUT2D eigenvalue weighted by molar-refractivity contribution is 5.76. The molecule has 1 rings (SSSR count). The number of carbonyl (C=O) groups is 1. The molecule has 15 heavy (non-hydrogen) atoms. The van der Waals surface area contributed by atoms with Gasteiger partial charge in [-0.3, -0.25) is 4.79 Å². The molecular weight excluding hydrogens is 192 g/mol. The highest BCUT2D eigenvalue weighted by Crippen LogP contribution is 2.38. The van der Waals surface area contributed by atoms with Crippen molar-refractivity contribution in [1.82, 2.24) is 0 Å². The van der Waals surface area contributed by atoms with Crippen LogP contribution in [0.25, 0.3) is 0 Å². The molecule has 0 amide bonds. The summed E-state index contributed by atoms with van der Waals surface area (Å²) in [7, 11) is 0. The summed E-state index contributed by atoms with van der Waals surface area (Å²) in [5, 5.41) is 0. The van der Waals surface area contributed by atoms with Gasteiger partial charge >= 0.3 is 5.97 Å². The van der Waals surface area contributed by atoms with Crippen LogP contribution in [0.3, 0.4) is 0 Å². The van der Waals surface area contributed by atoms with E-state index in [1.54, 1.807) is 0 Å². The van der Waals surface area contributed by atoms with Crippen molar-refractivity contribution < 1.29 is 14.3 Å². The first kappa shape index (κ1) is 12.1. The van der Waals surface area contributed by atoms with Gasteiger partial charge in [0.25, 0.3) is 0 Å². The van der Waals surface area contributed by atoms with E-state index in [0.29, 0.717) is 6.61 Å². The van der Waals surface area contributed by atoms with Gasteiger partial charge < -0.3 is 9.47 Å². The first-order valence-corrected chi connectivity index (χ1v) is 5.56. The second kappa shape index (κ2) is 5.19. The molecule has 86 valence electrons. The lowest BCUT2D eigenvalue weighted by Crippen LogP contribution is -2.36. The number of esters is 1. The van der Waals surface area contributed by atoms with Crippen molar-refractivity contribution in [3.63, 3.8) is 0 Å². The highest BCUT2D eigenvalue weighted by Gasteiger charge is 2.39. The molecule has 3 heteroatoms. The molecule has 0 bridgehead atoms. The van der Waals surface area contributed by atoms with E-state index in [-0.39, 0.29) is 17.5 Å². The Bertz CT molecular complexity index is 227. The van der Waals surface area contributed by atoms with Crippen LogP contribution in [0.15, 0.2) is 12.8 Å². The van der Waals surface area contributed by atoms with Gasteiger partial charge in [0.2, 0.25) is 0 Å². The zero-order valence-corrected chi connectivity index (χ0v) is 9.62. The lowest BCUT2D eigenvalue weighted by molar-refractivity contribution is -0.157. The molecule has 3 nitrogen and oxygen atoms in total. The van der Waals surface area contributed by atoms with Gasteiger partial charge in [0, 0.05) is 0 Å². The fraction of sp³-hybridized carbons (Fsp3) is 0.750. The average molecular weight is 212 g/mol. The first-order valence-electron chi connectivity index (χ1n) is 5.56. The highest BCUT2D eigenvalue weighted by atomic mass is 16.5. The molecule has 1 aliphatic carbocycles. The van der Waals surface area contributed by atoms with Crippen LogP contribution < -0.4 is 0 Å². The minimum absolute atomic E-state index is 0.0675. The van der Waals surface area contributed by atoms with Gasteiger partial charge in [0.1, 0.15) is 0 Å². The standard InChI is InChI=1S/C12H20O3/c1-4-14-10-6-8-12(3,9-7-10)11(13)15-5-2/h4,10H,1,5-9H2,2-3H3. The molecular formula is C12H20O3. The summed E-state index contributed by atoms with van der Waals surface area (Å²) in [6.45, 7) is 7.82. The van der Waals surface area contributed by atoms with Crippen LogP contribution in [0.2, 0.25) is 0 Å². The van der Waals surface area contributed by atoms with Gasteiger partial charge in [0.15, 0.2) is 0 Å². The van der Waals surface area contributed by atoms with E-state index < -0.39 is 0 Å². The summed E-state index contributed by atoms with van der Waals surface area (Å²) in [4.78, 5) is 11.7. The van der Waals surface area contributed by atoms with Gasteiger partial charge in [-0.15, -0.1) is 0 Å². The molecule has 0 N–H and O–H groups in total. The van der Waals surface area contributed by atoms with E-state index in [0.717, 1.165) is 25.7 Å². The normalized spacial score (nSPS) is 30.7. The molecule has 1 saturated carbocycles.